The van der Waals surface area contributed by atoms with Crippen molar-refractivity contribution in [1.82, 2.24) is 4.90 Å². The molecule has 5 nitrogen and oxygen atoms in total. The summed E-state index contributed by atoms with van der Waals surface area (Å²) in [5.74, 6) is -0.167. The van der Waals surface area contributed by atoms with Crippen molar-refractivity contribution in [3.63, 3.8) is 0 Å². The summed E-state index contributed by atoms with van der Waals surface area (Å²) in [6.45, 7) is 3.80. The maximum Gasteiger partial charge on any atom is 0.413 e. The standard InChI is InChI=1S/C20H20BrNO4/c1-20(2)22(19(24)25-12-14-6-4-3-5-7-14)17(13-26-20)18(23)15-8-10-16(21)11-9-15/h3-11,17H,12-13H2,1-2H3/t17-/m1/s1. The van der Waals surface area contributed by atoms with Crippen LogP contribution in [-0.2, 0) is 16.1 Å². The third kappa shape index (κ3) is 3.97. The summed E-state index contributed by atoms with van der Waals surface area (Å²) in [4.78, 5) is 27.0. The van der Waals surface area contributed by atoms with Crippen molar-refractivity contribution < 1.29 is 19.1 Å². The molecule has 2 aromatic rings. The molecule has 0 bridgehead atoms. The summed E-state index contributed by atoms with van der Waals surface area (Å²) in [6.07, 6.45) is -0.563. The molecule has 0 saturated carbocycles. The molecule has 0 spiro atoms. The van der Waals surface area contributed by atoms with Crippen LogP contribution >= 0.6 is 15.9 Å². The SMILES string of the molecule is CC1(C)OC[C@H](C(=O)c2ccc(Br)cc2)N1C(=O)OCc1ccccc1. The maximum absolute atomic E-state index is 12.9. The Kier molecular flexibility index (Phi) is 5.44. The molecule has 1 aliphatic rings. The Morgan fingerprint density at radius 1 is 1.15 bits per heavy atom. The van der Waals surface area contributed by atoms with Gasteiger partial charge in [-0.25, -0.2) is 4.79 Å². The lowest BCUT2D eigenvalue weighted by atomic mass is 10.0. The maximum atomic E-state index is 12.9. The molecule has 26 heavy (non-hydrogen) atoms. The molecule has 1 heterocycles. The van der Waals surface area contributed by atoms with Crippen LogP contribution in [0, 0.1) is 0 Å². The zero-order valence-corrected chi connectivity index (χ0v) is 16.2. The summed E-state index contributed by atoms with van der Waals surface area (Å²) in [5.41, 5.74) is 0.499. The van der Waals surface area contributed by atoms with Gasteiger partial charge in [0.2, 0.25) is 0 Å². The van der Waals surface area contributed by atoms with Gasteiger partial charge in [0.05, 0.1) is 6.61 Å². The lowest BCUT2D eigenvalue weighted by Crippen LogP contribution is -2.50. The highest BCUT2D eigenvalue weighted by atomic mass is 79.9. The van der Waals surface area contributed by atoms with Crippen molar-refractivity contribution in [2.24, 2.45) is 0 Å². The van der Waals surface area contributed by atoms with Gasteiger partial charge in [0.1, 0.15) is 18.4 Å². The minimum absolute atomic E-state index is 0.141. The van der Waals surface area contributed by atoms with Crippen LogP contribution in [0.25, 0.3) is 0 Å². The Morgan fingerprint density at radius 3 is 2.46 bits per heavy atom. The number of halogens is 1. The lowest BCUT2D eigenvalue weighted by Gasteiger charge is -2.32. The highest BCUT2D eigenvalue weighted by molar-refractivity contribution is 9.10. The van der Waals surface area contributed by atoms with Crippen LogP contribution in [0.1, 0.15) is 29.8 Å². The van der Waals surface area contributed by atoms with Crippen molar-refractivity contribution in [2.45, 2.75) is 32.2 Å². The zero-order valence-electron chi connectivity index (χ0n) is 14.6. The first-order chi connectivity index (χ1) is 12.4. The summed E-state index contributed by atoms with van der Waals surface area (Å²) in [6, 6.07) is 15.8. The topological polar surface area (TPSA) is 55.8 Å². The molecular formula is C20H20BrNO4. The smallest absolute Gasteiger partial charge is 0.413 e. The number of rotatable bonds is 4. The summed E-state index contributed by atoms with van der Waals surface area (Å²) in [7, 11) is 0. The van der Waals surface area contributed by atoms with Gasteiger partial charge in [-0.2, -0.15) is 0 Å². The van der Waals surface area contributed by atoms with Crippen LogP contribution < -0.4 is 0 Å². The number of amides is 1. The molecule has 1 atom stereocenters. The lowest BCUT2D eigenvalue weighted by molar-refractivity contribution is -0.0484. The number of Topliss-reactive ketones (excluding diaryl/α,β-unsaturated/α-hetero) is 1. The number of hydrogen-bond donors (Lipinski definition) is 0. The highest BCUT2D eigenvalue weighted by Crippen LogP contribution is 2.30. The molecule has 0 aliphatic carbocycles. The first-order valence-corrected chi connectivity index (χ1v) is 9.11. The van der Waals surface area contributed by atoms with Crippen molar-refractivity contribution in [3.05, 3.63) is 70.2 Å². The molecule has 3 rings (SSSR count). The highest BCUT2D eigenvalue weighted by Gasteiger charge is 2.48. The summed E-state index contributed by atoms with van der Waals surface area (Å²) >= 11 is 3.35. The van der Waals surface area contributed by atoms with E-state index in [2.05, 4.69) is 15.9 Å². The summed E-state index contributed by atoms with van der Waals surface area (Å²) < 4.78 is 12.0. The fraction of sp³-hybridized carbons (Fsp3) is 0.300. The molecule has 1 amide bonds. The van der Waals surface area contributed by atoms with Crippen LogP contribution in [0.4, 0.5) is 4.79 Å². The molecule has 0 N–H and O–H groups in total. The molecule has 0 radical (unpaired) electrons. The average molecular weight is 418 g/mol. The Bertz CT molecular complexity index is 789. The van der Waals surface area contributed by atoms with Crippen LogP contribution in [0.2, 0.25) is 0 Å². The van der Waals surface area contributed by atoms with E-state index in [-0.39, 0.29) is 19.0 Å². The minimum Gasteiger partial charge on any atom is -0.444 e. The van der Waals surface area contributed by atoms with Crippen molar-refractivity contribution in [1.29, 1.82) is 0 Å². The van der Waals surface area contributed by atoms with Crippen LogP contribution in [0.5, 0.6) is 0 Å². The van der Waals surface area contributed by atoms with E-state index < -0.39 is 17.9 Å². The molecule has 1 fully saturated rings. The quantitative estimate of drug-likeness (QED) is 0.691. The number of hydrogen-bond acceptors (Lipinski definition) is 4. The van der Waals surface area contributed by atoms with Gasteiger partial charge in [-0.3, -0.25) is 9.69 Å². The van der Waals surface area contributed by atoms with E-state index in [0.717, 1.165) is 10.0 Å². The Balaban J connectivity index is 1.76. The molecule has 6 heteroatoms. The molecule has 2 aromatic carbocycles. The zero-order chi connectivity index (χ0) is 18.7. The number of benzene rings is 2. The van der Waals surface area contributed by atoms with E-state index in [9.17, 15) is 9.59 Å². The monoisotopic (exact) mass is 417 g/mol. The van der Waals surface area contributed by atoms with Crippen molar-refractivity contribution in [2.75, 3.05) is 6.61 Å². The molecule has 0 unspecified atom stereocenters. The van der Waals surface area contributed by atoms with E-state index in [1.54, 1.807) is 38.1 Å². The van der Waals surface area contributed by atoms with Crippen LogP contribution in [0.15, 0.2) is 59.1 Å². The van der Waals surface area contributed by atoms with Gasteiger partial charge in [0, 0.05) is 10.0 Å². The number of ketones is 1. The molecular weight excluding hydrogens is 398 g/mol. The van der Waals surface area contributed by atoms with E-state index in [0.29, 0.717) is 5.56 Å². The third-order valence-corrected chi connectivity index (χ3v) is 4.85. The van der Waals surface area contributed by atoms with Gasteiger partial charge < -0.3 is 9.47 Å². The fourth-order valence-corrected chi connectivity index (χ4v) is 3.20. The number of carbonyl (C=O) groups is 2. The van der Waals surface area contributed by atoms with Crippen LogP contribution in [0.3, 0.4) is 0 Å². The Hall–Kier alpha value is -2.18. The predicted octanol–water partition coefficient (Wildman–Crippen LogP) is 4.41. The Labute approximate surface area is 161 Å². The van der Waals surface area contributed by atoms with Gasteiger partial charge in [-0.05, 0) is 31.5 Å². The number of carbonyl (C=O) groups excluding carboxylic acids is 2. The number of nitrogens with zero attached hydrogens (tertiary/aromatic N) is 1. The van der Waals surface area contributed by atoms with E-state index >= 15 is 0 Å². The van der Waals surface area contributed by atoms with E-state index in [1.807, 2.05) is 30.3 Å². The summed E-state index contributed by atoms with van der Waals surface area (Å²) in [5, 5.41) is 0. The van der Waals surface area contributed by atoms with Gasteiger partial charge in [0.15, 0.2) is 5.78 Å². The van der Waals surface area contributed by atoms with Gasteiger partial charge in [-0.15, -0.1) is 0 Å². The van der Waals surface area contributed by atoms with E-state index in [4.69, 9.17) is 9.47 Å². The normalized spacial score (nSPS) is 18.6. The second kappa shape index (κ2) is 7.60. The average Bonchev–Trinajstić information content (AvgIpc) is 2.96. The van der Waals surface area contributed by atoms with E-state index in [1.165, 1.54) is 4.90 Å². The van der Waals surface area contributed by atoms with Gasteiger partial charge in [0.25, 0.3) is 0 Å². The molecule has 136 valence electrons. The molecule has 0 aromatic heterocycles. The predicted molar refractivity (Wildman–Crippen MR) is 101 cm³/mol. The molecule has 1 aliphatic heterocycles. The number of ether oxygens (including phenoxy) is 2. The molecule has 1 saturated heterocycles. The van der Waals surface area contributed by atoms with Crippen molar-refractivity contribution >= 4 is 27.8 Å². The first kappa shape index (κ1) is 18.6. The second-order valence-corrected chi connectivity index (χ2v) is 7.47. The van der Waals surface area contributed by atoms with Gasteiger partial charge >= 0.3 is 6.09 Å². The third-order valence-electron chi connectivity index (χ3n) is 4.32. The van der Waals surface area contributed by atoms with Crippen LogP contribution in [-0.4, -0.2) is 35.2 Å². The fourth-order valence-electron chi connectivity index (χ4n) is 2.94. The second-order valence-electron chi connectivity index (χ2n) is 6.55. The largest absolute Gasteiger partial charge is 0.444 e. The minimum atomic E-state index is -0.913. The van der Waals surface area contributed by atoms with Crippen molar-refractivity contribution in [3.8, 4) is 0 Å². The first-order valence-electron chi connectivity index (χ1n) is 8.32. The van der Waals surface area contributed by atoms with Gasteiger partial charge in [-0.1, -0.05) is 58.4 Å². The Morgan fingerprint density at radius 2 is 1.81 bits per heavy atom.